The van der Waals surface area contributed by atoms with E-state index in [1.807, 2.05) is 0 Å². The summed E-state index contributed by atoms with van der Waals surface area (Å²) in [7, 11) is 0. The van der Waals surface area contributed by atoms with Crippen molar-refractivity contribution in [1.29, 1.82) is 0 Å². The number of rotatable bonds is 4. The number of aliphatic hydroxyl groups excluding tert-OH is 1. The first kappa shape index (κ1) is 13.5. The number of H-pyrrole nitrogens is 1. The lowest BCUT2D eigenvalue weighted by Gasteiger charge is -1.92. The highest BCUT2D eigenvalue weighted by Crippen LogP contribution is 2.14. The number of halogens is 1. The van der Waals surface area contributed by atoms with Gasteiger partial charge in [0.25, 0.3) is 0 Å². The van der Waals surface area contributed by atoms with Crippen molar-refractivity contribution in [3.05, 3.63) is 29.6 Å². The van der Waals surface area contributed by atoms with Gasteiger partial charge >= 0.3 is 5.97 Å². The minimum absolute atomic E-state index is 0. The third kappa shape index (κ3) is 2.95. The van der Waals surface area contributed by atoms with Crippen LogP contribution in [0.2, 0.25) is 0 Å². The molecule has 1 aromatic heterocycles. The predicted octanol–water partition coefficient (Wildman–Crippen LogP) is -1.81. The number of aliphatic hydroxyl groups is 1. The molecule has 0 saturated carbocycles. The van der Waals surface area contributed by atoms with Crippen LogP contribution in [0.3, 0.4) is 0 Å². The molecule has 17 heavy (non-hydrogen) atoms. The topological polar surface area (TPSA) is 86.2 Å². The number of aromatic amines is 1. The molecule has 0 aliphatic heterocycles. The molecule has 0 unspecified atom stereocenters. The van der Waals surface area contributed by atoms with Crippen LogP contribution in [-0.2, 0) is 6.42 Å². The first-order valence-corrected chi connectivity index (χ1v) is 5.03. The van der Waals surface area contributed by atoms with Crippen LogP contribution in [0.15, 0.2) is 18.2 Å². The Morgan fingerprint density at radius 2 is 2.18 bits per heavy atom. The lowest BCUT2D eigenvalue weighted by Crippen LogP contribution is -3.00. The normalized spacial score (nSPS) is 10.2. The minimum atomic E-state index is -0.951. The zero-order valence-corrected chi connectivity index (χ0v) is 9.74. The van der Waals surface area contributed by atoms with Crippen molar-refractivity contribution in [2.24, 2.45) is 0 Å². The second-order valence-electron chi connectivity index (χ2n) is 3.55. The Kier molecular flexibility index (Phi) is 4.48. The number of aromatic nitrogens is 2. The van der Waals surface area contributed by atoms with Gasteiger partial charge in [0.05, 0.1) is 16.6 Å². The summed E-state index contributed by atoms with van der Waals surface area (Å²) < 4.78 is 0. The van der Waals surface area contributed by atoms with Gasteiger partial charge in [-0.3, -0.25) is 0 Å². The molecule has 5 nitrogen and oxygen atoms in total. The zero-order valence-electron chi connectivity index (χ0n) is 8.98. The Morgan fingerprint density at radius 1 is 1.41 bits per heavy atom. The van der Waals surface area contributed by atoms with Crippen molar-refractivity contribution in [2.75, 3.05) is 6.61 Å². The van der Waals surface area contributed by atoms with E-state index in [1.54, 1.807) is 12.1 Å². The minimum Gasteiger partial charge on any atom is -1.00 e. The second-order valence-corrected chi connectivity index (χ2v) is 3.55. The van der Waals surface area contributed by atoms with E-state index in [0.717, 1.165) is 11.3 Å². The van der Waals surface area contributed by atoms with E-state index in [0.29, 0.717) is 18.4 Å². The zero-order chi connectivity index (χ0) is 11.5. The number of hydrogen-bond acceptors (Lipinski definition) is 3. The van der Waals surface area contributed by atoms with Crippen LogP contribution in [-0.4, -0.2) is 32.8 Å². The van der Waals surface area contributed by atoms with Gasteiger partial charge in [0.2, 0.25) is 0 Å². The van der Waals surface area contributed by atoms with Gasteiger partial charge in [0.15, 0.2) is 0 Å². The molecule has 0 aliphatic rings. The van der Waals surface area contributed by atoms with Gasteiger partial charge in [-0.1, -0.05) is 0 Å². The van der Waals surface area contributed by atoms with Crippen LogP contribution in [0.4, 0.5) is 0 Å². The van der Waals surface area contributed by atoms with Crippen LogP contribution in [0, 0.1) is 0 Å². The van der Waals surface area contributed by atoms with Gasteiger partial charge in [-0.15, -0.1) is 0 Å². The summed E-state index contributed by atoms with van der Waals surface area (Å²) in [6.07, 6.45) is 1.30. The number of carbonyl (C=O) groups is 1. The molecule has 1 aromatic carbocycles. The summed E-state index contributed by atoms with van der Waals surface area (Å²) in [5.74, 6) is -0.181. The number of aryl methyl sites for hydroxylation is 1. The molecule has 6 heteroatoms. The molecular formula is C11H12ClN2O3-. The predicted molar refractivity (Wildman–Crippen MR) is 58.5 cm³/mol. The number of imidazole rings is 1. The molecule has 0 saturated heterocycles. The summed E-state index contributed by atoms with van der Waals surface area (Å²) in [5, 5.41) is 17.5. The van der Waals surface area contributed by atoms with Crippen LogP contribution in [0.25, 0.3) is 11.0 Å². The van der Waals surface area contributed by atoms with Crippen molar-refractivity contribution >= 4 is 17.0 Å². The van der Waals surface area contributed by atoms with Gasteiger partial charge in [-0.05, 0) is 24.6 Å². The van der Waals surface area contributed by atoms with Crippen LogP contribution in [0.1, 0.15) is 22.6 Å². The number of aromatic carboxylic acids is 1. The number of nitrogens with one attached hydrogen (secondary N) is 1. The highest BCUT2D eigenvalue weighted by molar-refractivity contribution is 5.92. The van der Waals surface area contributed by atoms with Crippen molar-refractivity contribution < 1.29 is 27.4 Å². The third-order valence-corrected chi connectivity index (χ3v) is 2.35. The molecule has 1 heterocycles. The van der Waals surface area contributed by atoms with Gasteiger partial charge in [0.1, 0.15) is 5.82 Å². The molecule has 0 amide bonds. The fourth-order valence-electron chi connectivity index (χ4n) is 1.56. The van der Waals surface area contributed by atoms with Gasteiger partial charge in [-0.2, -0.15) is 0 Å². The van der Waals surface area contributed by atoms with Crippen LogP contribution < -0.4 is 12.4 Å². The molecule has 2 rings (SSSR count). The first-order valence-electron chi connectivity index (χ1n) is 5.03. The van der Waals surface area contributed by atoms with Gasteiger partial charge in [0, 0.05) is 13.0 Å². The first-order chi connectivity index (χ1) is 7.70. The van der Waals surface area contributed by atoms with Crippen molar-refractivity contribution in [3.8, 4) is 0 Å². The van der Waals surface area contributed by atoms with Crippen molar-refractivity contribution in [1.82, 2.24) is 9.97 Å². The highest BCUT2D eigenvalue weighted by Gasteiger charge is 2.07. The van der Waals surface area contributed by atoms with Gasteiger partial charge < -0.3 is 27.6 Å². The SMILES string of the molecule is O=C(O)c1ccc2nc(CCCO)[nH]c2c1.[Cl-]. The largest absolute Gasteiger partial charge is 1.00 e. The average molecular weight is 256 g/mol. The van der Waals surface area contributed by atoms with Crippen molar-refractivity contribution in [3.63, 3.8) is 0 Å². The summed E-state index contributed by atoms with van der Waals surface area (Å²) in [6, 6.07) is 4.77. The number of fused-ring (bicyclic) bond motifs is 1. The van der Waals surface area contributed by atoms with E-state index in [4.69, 9.17) is 10.2 Å². The molecule has 2 aromatic rings. The summed E-state index contributed by atoms with van der Waals surface area (Å²) in [6.45, 7) is 0.122. The number of hydrogen-bond donors (Lipinski definition) is 3. The smallest absolute Gasteiger partial charge is 0.335 e. The van der Waals surface area contributed by atoms with Crippen LogP contribution >= 0.6 is 0 Å². The Bertz CT molecular complexity index is 524. The second kappa shape index (κ2) is 5.65. The van der Waals surface area contributed by atoms with Gasteiger partial charge in [-0.25, -0.2) is 9.78 Å². The van der Waals surface area contributed by atoms with Crippen LogP contribution in [0.5, 0.6) is 0 Å². The quantitative estimate of drug-likeness (QED) is 0.601. The number of carboxylic acid groups (broad SMARTS) is 1. The molecule has 0 bridgehead atoms. The summed E-state index contributed by atoms with van der Waals surface area (Å²) in [5.41, 5.74) is 1.70. The lowest BCUT2D eigenvalue weighted by atomic mass is 10.2. The fourth-order valence-corrected chi connectivity index (χ4v) is 1.56. The van der Waals surface area contributed by atoms with E-state index < -0.39 is 5.97 Å². The summed E-state index contributed by atoms with van der Waals surface area (Å²) >= 11 is 0. The van der Waals surface area contributed by atoms with E-state index in [9.17, 15) is 4.79 Å². The third-order valence-electron chi connectivity index (χ3n) is 2.35. The standard InChI is InChI=1S/C11H12N2O3.ClH/c14-5-1-2-10-12-8-4-3-7(11(15)16)6-9(8)13-10;/h3-4,6,14H,1-2,5H2,(H,12,13)(H,15,16);1H/p-1. The number of carboxylic acids is 1. The van der Waals surface area contributed by atoms with E-state index in [1.165, 1.54) is 6.07 Å². The molecule has 0 radical (unpaired) electrons. The highest BCUT2D eigenvalue weighted by atomic mass is 35.5. The number of nitrogens with zero attached hydrogens (tertiary/aromatic N) is 1. The van der Waals surface area contributed by atoms with E-state index in [2.05, 4.69) is 9.97 Å². The number of benzene rings is 1. The van der Waals surface area contributed by atoms with Crippen molar-refractivity contribution in [2.45, 2.75) is 12.8 Å². The maximum atomic E-state index is 10.8. The molecule has 0 atom stereocenters. The average Bonchev–Trinajstić information content (AvgIpc) is 2.67. The molecule has 92 valence electrons. The van der Waals surface area contributed by atoms with E-state index in [-0.39, 0.29) is 24.6 Å². The maximum absolute atomic E-state index is 10.8. The monoisotopic (exact) mass is 255 g/mol. The molecule has 0 spiro atoms. The molecule has 0 fully saturated rings. The van der Waals surface area contributed by atoms with E-state index >= 15 is 0 Å². The lowest BCUT2D eigenvalue weighted by molar-refractivity contribution is -0.0000200. The Hall–Kier alpha value is -1.59. The maximum Gasteiger partial charge on any atom is 0.335 e. The summed E-state index contributed by atoms with van der Waals surface area (Å²) in [4.78, 5) is 18.1. The Morgan fingerprint density at radius 3 is 2.82 bits per heavy atom. The molecule has 0 aliphatic carbocycles. The molecule has 3 N–H and O–H groups in total. The molecular weight excluding hydrogens is 244 g/mol. The Labute approximate surface area is 104 Å². The fraction of sp³-hybridized carbons (Fsp3) is 0.273. The Balaban J connectivity index is 0.00000144.